The number of nitrogens with zero attached hydrogens (tertiary/aromatic N) is 2. The quantitative estimate of drug-likeness (QED) is 0.363. The molecule has 0 aromatic rings. The SMILES string of the molecule is NN1C2=CNC=NC2CNC1C(=O)O. The topological polar surface area (TPSA) is 103 Å². The summed E-state index contributed by atoms with van der Waals surface area (Å²) in [6.07, 6.45) is 2.34. The first kappa shape index (κ1) is 8.97. The normalized spacial score (nSPS) is 30.4. The summed E-state index contributed by atoms with van der Waals surface area (Å²) < 4.78 is 0. The minimum Gasteiger partial charge on any atom is -0.479 e. The van der Waals surface area contributed by atoms with Gasteiger partial charge in [0.2, 0.25) is 0 Å². The lowest BCUT2D eigenvalue weighted by atomic mass is 10.1. The van der Waals surface area contributed by atoms with E-state index in [1.807, 2.05) is 0 Å². The summed E-state index contributed by atoms with van der Waals surface area (Å²) >= 11 is 0. The third-order valence-corrected chi connectivity index (χ3v) is 2.22. The molecule has 0 radical (unpaired) electrons. The Hall–Kier alpha value is -1.60. The number of hydrogen-bond donors (Lipinski definition) is 4. The summed E-state index contributed by atoms with van der Waals surface area (Å²) in [6, 6.07) is -0.100. The van der Waals surface area contributed by atoms with Crippen LogP contribution in [0.25, 0.3) is 0 Å². The van der Waals surface area contributed by atoms with Crippen LogP contribution in [-0.4, -0.2) is 41.2 Å². The minimum atomic E-state index is -0.999. The van der Waals surface area contributed by atoms with Gasteiger partial charge in [0.05, 0.1) is 12.0 Å². The number of carboxylic acids is 1. The van der Waals surface area contributed by atoms with Crippen molar-refractivity contribution >= 4 is 12.3 Å². The maximum Gasteiger partial charge on any atom is 0.342 e. The number of nitrogens with one attached hydrogen (secondary N) is 2. The number of nitrogens with two attached hydrogens (primary N) is 1. The highest BCUT2D eigenvalue weighted by Crippen LogP contribution is 2.16. The smallest absolute Gasteiger partial charge is 0.342 e. The molecule has 2 unspecified atom stereocenters. The lowest BCUT2D eigenvalue weighted by Crippen LogP contribution is -2.62. The van der Waals surface area contributed by atoms with Crippen molar-refractivity contribution in [3.63, 3.8) is 0 Å². The van der Waals surface area contributed by atoms with Gasteiger partial charge in [-0.3, -0.25) is 15.3 Å². The van der Waals surface area contributed by atoms with Crippen LogP contribution in [0.2, 0.25) is 0 Å². The zero-order chi connectivity index (χ0) is 10.1. The Bertz CT molecular complexity index is 313. The molecule has 2 atom stereocenters. The van der Waals surface area contributed by atoms with E-state index in [1.54, 1.807) is 12.5 Å². The van der Waals surface area contributed by atoms with E-state index in [0.717, 1.165) is 0 Å². The van der Waals surface area contributed by atoms with E-state index in [-0.39, 0.29) is 6.04 Å². The second-order valence-electron chi connectivity index (χ2n) is 3.09. The first-order valence-corrected chi connectivity index (χ1v) is 4.18. The van der Waals surface area contributed by atoms with Crippen molar-refractivity contribution in [2.24, 2.45) is 10.8 Å². The number of rotatable bonds is 1. The molecule has 2 rings (SSSR count). The monoisotopic (exact) mass is 197 g/mol. The van der Waals surface area contributed by atoms with Gasteiger partial charge in [-0.2, -0.15) is 0 Å². The molecule has 0 amide bonds. The standard InChI is InChI=1S/C7H11N5O2/c8-12-5-2-9-3-11-4(5)1-10-6(12)7(13)14/h2-4,6,10H,1,8H2,(H,9,11)(H,13,14). The second-order valence-corrected chi connectivity index (χ2v) is 3.09. The number of carbonyl (C=O) groups is 1. The van der Waals surface area contributed by atoms with Gasteiger partial charge in [-0.1, -0.05) is 0 Å². The third-order valence-electron chi connectivity index (χ3n) is 2.22. The van der Waals surface area contributed by atoms with Crippen LogP contribution in [0, 0.1) is 0 Å². The van der Waals surface area contributed by atoms with Crippen LogP contribution < -0.4 is 16.5 Å². The van der Waals surface area contributed by atoms with Crippen molar-refractivity contribution < 1.29 is 9.90 Å². The van der Waals surface area contributed by atoms with Gasteiger partial charge in [0.1, 0.15) is 6.04 Å². The summed E-state index contributed by atoms with van der Waals surface area (Å²) in [5.41, 5.74) is 0.679. The number of aliphatic carboxylic acids is 1. The average Bonchev–Trinajstić information content (AvgIpc) is 2.18. The average molecular weight is 197 g/mol. The van der Waals surface area contributed by atoms with Crippen LogP contribution in [0.3, 0.4) is 0 Å². The molecule has 1 saturated heterocycles. The van der Waals surface area contributed by atoms with Gasteiger partial charge < -0.3 is 10.4 Å². The van der Waals surface area contributed by atoms with E-state index in [4.69, 9.17) is 10.9 Å². The van der Waals surface area contributed by atoms with Crippen molar-refractivity contribution in [1.82, 2.24) is 15.6 Å². The lowest BCUT2D eigenvalue weighted by Gasteiger charge is -2.37. The summed E-state index contributed by atoms with van der Waals surface area (Å²) in [6.45, 7) is 0.481. The Morgan fingerprint density at radius 2 is 2.57 bits per heavy atom. The van der Waals surface area contributed by atoms with Gasteiger partial charge in [0.15, 0.2) is 6.17 Å². The van der Waals surface area contributed by atoms with Gasteiger partial charge in [-0.25, -0.2) is 10.6 Å². The van der Waals surface area contributed by atoms with E-state index in [9.17, 15) is 4.79 Å². The molecule has 0 aromatic heterocycles. The van der Waals surface area contributed by atoms with Crippen LogP contribution in [-0.2, 0) is 4.79 Å². The molecule has 0 aromatic carbocycles. The maximum atomic E-state index is 10.8. The Labute approximate surface area is 80.2 Å². The molecule has 5 N–H and O–H groups in total. The van der Waals surface area contributed by atoms with Crippen molar-refractivity contribution in [2.75, 3.05) is 6.54 Å². The van der Waals surface area contributed by atoms with E-state index in [0.29, 0.717) is 12.2 Å². The summed E-state index contributed by atoms with van der Waals surface area (Å²) in [7, 11) is 0. The van der Waals surface area contributed by atoms with Crippen molar-refractivity contribution in [3.05, 3.63) is 11.9 Å². The Morgan fingerprint density at radius 3 is 3.29 bits per heavy atom. The Kier molecular flexibility index (Phi) is 2.10. The predicted octanol–water partition coefficient (Wildman–Crippen LogP) is -1.98. The molecular formula is C7H11N5O2. The molecule has 7 heteroatoms. The molecule has 0 bridgehead atoms. The second kappa shape index (κ2) is 3.28. The first-order valence-electron chi connectivity index (χ1n) is 4.18. The van der Waals surface area contributed by atoms with Crippen LogP contribution in [0.1, 0.15) is 0 Å². The van der Waals surface area contributed by atoms with Crippen LogP contribution in [0.15, 0.2) is 16.9 Å². The number of carboxylic acid groups (broad SMARTS) is 1. The fourth-order valence-electron chi connectivity index (χ4n) is 1.51. The molecule has 0 saturated carbocycles. The molecule has 76 valence electrons. The molecule has 1 fully saturated rings. The van der Waals surface area contributed by atoms with Gasteiger partial charge in [-0.15, -0.1) is 0 Å². The largest absolute Gasteiger partial charge is 0.479 e. The highest BCUT2D eigenvalue weighted by atomic mass is 16.4. The Morgan fingerprint density at radius 1 is 1.79 bits per heavy atom. The van der Waals surface area contributed by atoms with Gasteiger partial charge >= 0.3 is 5.97 Å². The number of aliphatic imine (C=N–C) groups is 1. The molecule has 2 aliphatic heterocycles. The third kappa shape index (κ3) is 1.32. The molecule has 0 spiro atoms. The predicted molar refractivity (Wildman–Crippen MR) is 49.0 cm³/mol. The zero-order valence-electron chi connectivity index (χ0n) is 7.34. The van der Waals surface area contributed by atoms with Gasteiger partial charge in [0.25, 0.3) is 0 Å². The summed E-state index contributed by atoms with van der Waals surface area (Å²) in [4.78, 5) is 14.9. The number of hydrogen-bond acceptors (Lipinski definition) is 6. The number of hydrazine groups is 1. The van der Waals surface area contributed by atoms with E-state index >= 15 is 0 Å². The maximum absolute atomic E-state index is 10.8. The van der Waals surface area contributed by atoms with Crippen LogP contribution in [0.5, 0.6) is 0 Å². The lowest BCUT2D eigenvalue weighted by molar-refractivity contribution is -0.144. The summed E-state index contributed by atoms with van der Waals surface area (Å²) in [5.74, 6) is 4.64. The first-order chi connectivity index (χ1) is 6.70. The number of fused-ring (bicyclic) bond motifs is 1. The van der Waals surface area contributed by atoms with Crippen LogP contribution >= 0.6 is 0 Å². The van der Waals surface area contributed by atoms with E-state index in [1.165, 1.54) is 5.01 Å². The fraction of sp³-hybridized carbons (Fsp3) is 0.429. The minimum absolute atomic E-state index is 0.100. The van der Waals surface area contributed by atoms with Crippen molar-refractivity contribution in [2.45, 2.75) is 12.2 Å². The van der Waals surface area contributed by atoms with E-state index < -0.39 is 12.1 Å². The molecule has 14 heavy (non-hydrogen) atoms. The molecule has 0 aliphatic carbocycles. The van der Waals surface area contributed by atoms with Gasteiger partial charge in [-0.05, 0) is 0 Å². The fourth-order valence-corrected chi connectivity index (χ4v) is 1.51. The summed E-state index contributed by atoms with van der Waals surface area (Å²) in [5, 5.41) is 15.6. The zero-order valence-corrected chi connectivity index (χ0v) is 7.34. The van der Waals surface area contributed by atoms with Crippen molar-refractivity contribution in [3.8, 4) is 0 Å². The van der Waals surface area contributed by atoms with E-state index in [2.05, 4.69) is 15.6 Å². The molecular weight excluding hydrogens is 186 g/mol. The molecule has 2 aliphatic rings. The highest BCUT2D eigenvalue weighted by Gasteiger charge is 2.34. The molecule has 2 heterocycles. The van der Waals surface area contributed by atoms with Crippen LogP contribution in [0.4, 0.5) is 0 Å². The highest BCUT2D eigenvalue weighted by molar-refractivity contribution is 5.73. The van der Waals surface area contributed by atoms with Gasteiger partial charge in [0, 0.05) is 12.7 Å². The molecule has 7 nitrogen and oxygen atoms in total. The Balaban J connectivity index is 2.19. The van der Waals surface area contributed by atoms with Crippen molar-refractivity contribution in [1.29, 1.82) is 0 Å².